The molecule has 0 N–H and O–H groups in total. The standard InChI is InChI=1S/C12H14O2/c1-2-6-11(7-3-1)14-10-12-8-4-5-9-13-12/h1-4,6-8,12H,5,9-10H2. The Bertz CT molecular complexity index is 292. The average Bonchev–Trinajstić information content (AvgIpc) is 2.29. The van der Waals surface area contributed by atoms with Gasteiger partial charge in [-0.1, -0.05) is 30.4 Å². The molecule has 14 heavy (non-hydrogen) atoms. The molecule has 2 rings (SSSR count). The molecule has 0 bridgehead atoms. The maximum absolute atomic E-state index is 5.57. The van der Waals surface area contributed by atoms with Gasteiger partial charge in [-0.2, -0.15) is 0 Å². The molecule has 1 aromatic rings. The summed E-state index contributed by atoms with van der Waals surface area (Å²) >= 11 is 0. The second-order valence-corrected chi connectivity index (χ2v) is 3.25. The van der Waals surface area contributed by atoms with E-state index in [2.05, 4.69) is 12.2 Å². The van der Waals surface area contributed by atoms with Crippen LogP contribution in [0.25, 0.3) is 0 Å². The maximum atomic E-state index is 5.57. The molecule has 0 fully saturated rings. The second kappa shape index (κ2) is 4.82. The van der Waals surface area contributed by atoms with Crippen molar-refractivity contribution < 1.29 is 9.47 Å². The van der Waals surface area contributed by atoms with Crippen molar-refractivity contribution in [1.29, 1.82) is 0 Å². The molecule has 0 amide bonds. The average molecular weight is 190 g/mol. The van der Waals surface area contributed by atoms with E-state index in [1.54, 1.807) is 0 Å². The van der Waals surface area contributed by atoms with Gasteiger partial charge in [0, 0.05) is 0 Å². The Kier molecular flexibility index (Phi) is 3.19. The number of benzene rings is 1. The Hall–Kier alpha value is -1.28. The first-order valence-electron chi connectivity index (χ1n) is 4.91. The Morgan fingerprint density at radius 1 is 1.29 bits per heavy atom. The van der Waals surface area contributed by atoms with E-state index in [1.807, 2.05) is 30.3 Å². The third kappa shape index (κ3) is 2.60. The van der Waals surface area contributed by atoms with Crippen molar-refractivity contribution in [3.8, 4) is 5.75 Å². The van der Waals surface area contributed by atoms with Crippen LogP contribution >= 0.6 is 0 Å². The predicted octanol–water partition coefficient (Wildman–Crippen LogP) is 2.41. The molecule has 74 valence electrons. The van der Waals surface area contributed by atoms with E-state index in [-0.39, 0.29) is 6.10 Å². The molecule has 0 aromatic heterocycles. The first-order chi connectivity index (χ1) is 6.95. The summed E-state index contributed by atoms with van der Waals surface area (Å²) in [5.74, 6) is 0.898. The van der Waals surface area contributed by atoms with Gasteiger partial charge in [0.1, 0.15) is 18.5 Å². The quantitative estimate of drug-likeness (QED) is 0.681. The van der Waals surface area contributed by atoms with Gasteiger partial charge in [-0.3, -0.25) is 0 Å². The minimum absolute atomic E-state index is 0.115. The zero-order valence-corrected chi connectivity index (χ0v) is 8.06. The Balaban J connectivity index is 1.82. The summed E-state index contributed by atoms with van der Waals surface area (Å²) in [7, 11) is 0. The van der Waals surface area contributed by atoms with Crippen molar-refractivity contribution >= 4 is 0 Å². The molecular formula is C12H14O2. The van der Waals surface area contributed by atoms with Crippen molar-refractivity contribution in [3.63, 3.8) is 0 Å². The van der Waals surface area contributed by atoms with Crippen LogP contribution in [0.5, 0.6) is 5.75 Å². The third-order valence-electron chi connectivity index (χ3n) is 2.12. The molecule has 1 aliphatic heterocycles. The highest BCUT2D eigenvalue weighted by molar-refractivity contribution is 5.21. The first kappa shape index (κ1) is 9.28. The van der Waals surface area contributed by atoms with E-state index in [1.165, 1.54) is 0 Å². The van der Waals surface area contributed by atoms with Crippen LogP contribution in [-0.2, 0) is 4.74 Å². The third-order valence-corrected chi connectivity index (χ3v) is 2.12. The van der Waals surface area contributed by atoms with Gasteiger partial charge < -0.3 is 9.47 Å². The van der Waals surface area contributed by atoms with Crippen LogP contribution in [0.3, 0.4) is 0 Å². The van der Waals surface area contributed by atoms with Crippen LogP contribution in [0.2, 0.25) is 0 Å². The van der Waals surface area contributed by atoms with Gasteiger partial charge in [0.2, 0.25) is 0 Å². The van der Waals surface area contributed by atoms with Crippen molar-refractivity contribution in [1.82, 2.24) is 0 Å². The number of hydrogen-bond acceptors (Lipinski definition) is 2. The second-order valence-electron chi connectivity index (χ2n) is 3.25. The molecular weight excluding hydrogens is 176 g/mol. The molecule has 0 aliphatic carbocycles. The van der Waals surface area contributed by atoms with E-state index < -0.39 is 0 Å². The molecule has 0 saturated carbocycles. The monoisotopic (exact) mass is 190 g/mol. The van der Waals surface area contributed by atoms with Crippen LogP contribution in [0, 0.1) is 0 Å². The highest BCUT2D eigenvalue weighted by Gasteiger charge is 2.08. The van der Waals surface area contributed by atoms with Crippen LogP contribution in [0.4, 0.5) is 0 Å². The lowest BCUT2D eigenvalue weighted by atomic mass is 10.2. The highest BCUT2D eigenvalue weighted by atomic mass is 16.5. The van der Waals surface area contributed by atoms with E-state index in [0.717, 1.165) is 18.8 Å². The van der Waals surface area contributed by atoms with E-state index in [9.17, 15) is 0 Å². The fourth-order valence-corrected chi connectivity index (χ4v) is 1.39. The Morgan fingerprint density at radius 3 is 2.86 bits per heavy atom. The fourth-order valence-electron chi connectivity index (χ4n) is 1.39. The Labute approximate surface area is 84.2 Å². The summed E-state index contributed by atoms with van der Waals surface area (Å²) in [4.78, 5) is 0. The van der Waals surface area contributed by atoms with E-state index in [4.69, 9.17) is 9.47 Å². The molecule has 1 atom stereocenters. The summed E-state index contributed by atoms with van der Waals surface area (Å²) < 4.78 is 11.1. The van der Waals surface area contributed by atoms with Gasteiger partial charge in [-0.05, 0) is 18.6 Å². The fraction of sp³-hybridized carbons (Fsp3) is 0.333. The lowest BCUT2D eigenvalue weighted by Crippen LogP contribution is -2.22. The lowest BCUT2D eigenvalue weighted by Gasteiger charge is -2.17. The molecule has 2 nitrogen and oxygen atoms in total. The summed E-state index contributed by atoms with van der Waals surface area (Å²) in [6.45, 7) is 1.40. The maximum Gasteiger partial charge on any atom is 0.119 e. The lowest BCUT2D eigenvalue weighted by molar-refractivity contribution is 0.0457. The van der Waals surface area contributed by atoms with E-state index in [0.29, 0.717) is 6.61 Å². The summed E-state index contributed by atoms with van der Waals surface area (Å²) in [6.07, 6.45) is 5.33. The molecule has 2 heteroatoms. The summed E-state index contributed by atoms with van der Waals surface area (Å²) in [6, 6.07) is 9.81. The van der Waals surface area contributed by atoms with Crippen molar-refractivity contribution in [2.45, 2.75) is 12.5 Å². The minimum atomic E-state index is 0.115. The number of hydrogen-bond donors (Lipinski definition) is 0. The molecule has 1 aliphatic rings. The van der Waals surface area contributed by atoms with E-state index >= 15 is 0 Å². The molecule has 1 unspecified atom stereocenters. The topological polar surface area (TPSA) is 18.5 Å². The predicted molar refractivity (Wildman–Crippen MR) is 55.4 cm³/mol. The van der Waals surface area contributed by atoms with Crippen LogP contribution in [0.1, 0.15) is 6.42 Å². The zero-order chi connectivity index (χ0) is 9.64. The van der Waals surface area contributed by atoms with Crippen molar-refractivity contribution in [3.05, 3.63) is 42.5 Å². The van der Waals surface area contributed by atoms with Crippen LogP contribution < -0.4 is 4.74 Å². The SMILES string of the molecule is C1=CC(COc2ccccc2)OCC1. The smallest absolute Gasteiger partial charge is 0.119 e. The molecule has 0 spiro atoms. The van der Waals surface area contributed by atoms with Crippen molar-refractivity contribution in [2.75, 3.05) is 13.2 Å². The largest absolute Gasteiger partial charge is 0.491 e. The highest BCUT2D eigenvalue weighted by Crippen LogP contribution is 2.11. The Morgan fingerprint density at radius 2 is 2.14 bits per heavy atom. The molecule has 1 aromatic carbocycles. The molecule has 0 radical (unpaired) electrons. The van der Waals surface area contributed by atoms with Crippen molar-refractivity contribution in [2.24, 2.45) is 0 Å². The number of para-hydroxylation sites is 1. The van der Waals surface area contributed by atoms with Crippen LogP contribution in [-0.4, -0.2) is 19.3 Å². The van der Waals surface area contributed by atoms with Crippen LogP contribution in [0.15, 0.2) is 42.5 Å². The molecule has 1 heterocycles. The summed E-state index contributed by atoms with van der Waals surface area (Å²) in [5.41, 5.74) is 0. The number of rotatable bonds is 3. The zero-order valence-electron chi connectivity index (χ0n) is 8.06. The summed E-state index contributed by atoms with van der Waals surface area (Å²) in [5, 5.41) is 0. The van der Waals surface area contributed by atoms with Gasteiger partial charge in [-0.15, -0.1) is 0 Å². The van der Waals surface area contributed by atoms with Gasteiger partial charge in [0.25, 0.3) is 0 Å². The van der Waals surface area contributed by atoms with Gasteiger partial charge >= 0.3 is 0 Å². The number of ether oxygens (including phenoxy) is 2. The van der Waals surface area contributed by atoms with Gasteiger partial charge in [0.15, 0.2) is 0 Å². The normalized spacial score (nSPS) is 20.7. The van der Waals surface area contributed by atoms with Gasteiger partial charge in [-0.25, -0.2) is 0 Å². The molecule has 0 saturated heterocycles. The first-order valence-corrected chi connectivity index (χ1v) is 4.91. The van der Waals surface area contributed by atoms with Gasteiger partial charge in [0.05, 0.1) is 6.61 Å². The minimum Gasteiger partial charge on any atom is -0.491 e.